The van der Waals surface area contributed by atoms with Gasteiger partial charge in [-0.15, -0.1) is 0 Å². The Balaban J connectivity index is 2.40. The van der Waals surface area contributed by atoms with E-state index in [9.17, 15) is 4.39 Å². The second kappa shape index (κ2) is 6.85. The number of hydrogen-bond acceptors (Lipinski definition) is 0. The Morgan fingerprint density at radius 1 is 0.950 bits per heavy atom. The first kappa shape index (κ1) is 14.3. The van der Waals surface area contributed by atoms with Crippen molar-refractivity contribution in [1.82, 2.24) is 0 Å². The predicted octanol–water partition coefficient (Wildman–Crippen LogP) is 5.78. The molecule has 0 spiro atoms. The highest BCUT2D eigenvalue weighted by molar-refractivity contribution is 5.73. The van der Waals surface area contributed by atoms with E-state index in [1.165, 1.54) is 6.07 Å². The minimum atomic E-state index is -0.178. The van der Waals surface area contributed by atoms with Gasteiger partial charge in [0.15, 0.2) is 0 Å². The van der Waals surface area contributed by atoms with Crippen molar-refractivity contribution in [3.05, 3.63) is 77.6 Å². The molecule has 0 unspecified atom stereocenters. The third-order valence-electron chi connectivity index (χ3n) is 3.30. The van der Waals surface area contributed by atoms with Crippen LogP contribution >= 0.6 is 0 Å². The van der Waals surface area contributed by atoms with Crippen molar-refractivity contribution < 1.29 is 4.39 Å². The quantitative estimate of drug-likeness (QED) is 0.615. The average Bonchev–Trinajstić information content (AvgIpc) is 2.46. The van der Waals surface area contributed by atoms with E-state index in [1.54, 1.807) is 6.07 Å². The van der Waals surface area contributed by atoms with E-state index in [0.29, 0.717) is 5.56 Å². The van der Waals surface area contributed by atoms with Gasteiger partial charge in [-0.2, -0.15) is 0 Å². The lowest BCUT2D eigenvalue weighted by molar-refractivity contribution is 0.631. The third kappa shape index (κ3) is 3.24. The first-order chi connectivity index (χ1) is 9.74. The fourth-order valence-corrected chi connectivity index (χ4v) is 2.18. The molecule has 0 atom stereocenters. The number of rotatable bonds is 4. The largest absolute Gasteiger partial charge is 0.206 e. The highest BCUT2D eigenvalue weighted by atomic mass is 19.1. The predicted molar refractivity (Wildman–Crippen MR) is 85.0 cm³/mol. The van der Waals surface area contributed by atoms with Crippen molar-refractivity contribution in [2.45, 2.75) is 20.3 Å². The van der Waals surface area contributed by atoms with E-state index in [0.717, 1.165) is 23.1 Å². The van der Waals surface area contributed by atoms with Crippen LogP contribution < -0.4 is 0 Å². The Morgan fingerprint density at radius 2 is 1.70 bits per heavy atom. The maximum absolute atomic E-state index is 13.9. The molecule has 0 saturated heterocycles. The minimum Gasteiger partial charge on any atom is -0.206 e. The number of allylic oxidation sites excluding steroid dienone is 3. The van der Waals surface area contributed by atoms with Crippen LogP contribution in [0.25, 0.3) is 17.2 Å². The van der Waals surface area contributed by atoms with E-state index in [1.807, 2.05) is 43.3 Å². The van der Waals surface area contributed by atoms with Crippen LogP contribution in [0.4, 0.5) is 4.39 Å². The molecule has 0 radical (unpaired) electrons. The molecule has 2 aromatic carbocycles. The van der Waals surface area contributed by atoms with Crippen LogP contribution in [-0.2, 0) is 0 Å². The van der Waals surface area contributed by atoms with E-state index in [4.69, 9.17) is 0 Å². The summed E-state index contributed by atoms with van der Waals surface area (Å²) >= 11 is 0. The highest BCUT2D eigenvalue weighted by Crippen LogP contribution is 2.28. The normalized spacial score (nSPS) is 11.6. The average molecular weight is 266 g/mol. The van der Waals surface area contributed by atoms with Gasteiger partial charge in [-0.25, -0.2) is 4.39 Å². The fourth-order valence-electron chi connectivity index (χ4n) is 2.18. The summed E-state index contributed by atoms with van der Waals surface area (Å²) in [5.74, 6) is -0.178. The molecule has 0 heterocycles. The molecule has 20 heavy (non-hydrogen) atoms. The van der Waals surface area contributed by atoms with Crippen LogP contribution in [-0.4, -0.2) is 0 Å². The Kier molecular flexibility index (Phi) is 4.89. The summed E-state index contributed by atoms with van der Waals surface area (Å²) in [4.78, 5) is 0. The Hall–Kier alpha value is -2.15. The van der Waals surface area contributed by atoms with Gasteiger partial charge in [-0.05, 0) is 36.1 Å². The fraction of sp³-hybridized carbons (Fsp3) is 0.158. The molecular weight excluding hydrogens is 247 g/mol. The molecule has 0 nitrogen and oxygen atoms in total. The SMILES string of the molecule is CC/C=C/C=C/c1cccc(-c2ccccc2F)c1C. The molecule has 2 rings (SSSR count). The van der Waals surface area contributed by atoms with E-state index in [-0.39, 0.29) is 5.82 Å². The molecule has 0 N–H and O–H groups in total. The first-order valence-corrected chi connectivity index (χ1v) is 6.91. The van der Waals surface area contributed by atoms with Crippen molar-refractivity contribution in [1.29, 1.82) is 0 Å². The molecule has 1 heteroatoms. The van der Waals surface area contributed by atoms with Gasteiger partial charge >= 0.3 is 0 Å². The lowest BCUT2D eigenvalue weighted by Gasteiger charge is -2.09. The Morgan fingerprint density at radius 3 is 2.45 bits per heavy atom. The summed E-state index contributed by atoms with van der Waals surface area (Å²) in [5, 5.41) is 0. The molecule has 0 fully saturated rings. The van der Waals surface area contributed by atoms with Crippen LogP contribution in [0.3, 0.4) is 0 Å². The van der Waals surface area contributed by atoms with Crippen LogP contribution in [0.15, 0.2) is 60.7 Å². The third-order valence-corrected chi connectivity index (χ3v) is 3.30. The smallest absolute Gasteiger partial charge is 0.131 e. The summed E-state index contributed by atoms with van der Waals surface area (Å²) in [6.45, 7) is 4.14. The maximum atomic E-state index is 13.9. The van der Waals surface area contributed by atoms with Gasteiger partial charge in [0, 0.05) is 5.56 Å². The lowest BCUT2D eigenvalue weighted by atomic mass is 9.96. The molecule has 102 valence electrons. The van der Waals surface area contributed by atoms with E-state index in [2.05, 4.69) is 25.1 Å². The van der Waals surface area contributed by atoms with Gasteiger partial charge < -0.3 is 0 Å². The first-order valence-electron chi connectivity index (χ1n) is 6.91. The number of halogens is 1. The van der Waals surface area contributed by atoms with Gasteiger partial charge in [0.2, 0.25) is 0 Å². The van der Waals surface area contributed by atoms with E-state index >= 15 is 0 Å². The van der Waals surface area contributed by atoms with Gasteiger partial charge in [0.05, 0.1) is 0 Å². The summed E-state index contributed by atoms with van der Waals surface area (Å²) in [6.07, 6.45) is 9.25. The molecule has 0 saturated carbocycles. The molecule has 0 aliphatic heterocycles. The van der Waals surface area contributed by atoms with Crippen molar-refractivity contribution in [2.24, 2.45) is 0 Å². The summed E-state index contributed by atoms with van der Waals surface area (Å²) in [6, 6.07) is 12.9. The standard InChI is InChI=1S/C19H19F/c1-3-4-5-6-10-16-11-9-13-17(15(16)2)18-12-7-8-14-19(18)20/h4-14H,3H2,1-2H3/b5-4+,10-6+. The van der Waals surface area contributed by atoms with Gasteiger partial charge in [-0.1, -0.05) is 67.6 Å². The van der Waals surface area contributed by atoms with Gasteiger partial charge in [0.1, 0.15) is 5.82 Å². The van der Waals surface area contributed by atoms with Crippen molar-refractivity contribution >= 4 is 6.08 Å². The second-order valence-electron chi connectivity index (χ2n) is 4.70. The molecule has 0 aliphatic carbocycles. The summed E-state index contributed by atoms with van der Waals surface area (Å²) in [5.41, 5.74) is 3.82. The molecule has 0 bridgehead atoms. The van der Waals surface area contributed by atoms with Crippen LogP contribution in [0, 0.1) is 12.7 Å². The summed E-state index contributed by atoms with van der Waals surface area (Å²) < 4.78 is 13.9. The molecular formula is C19H19F. The van der Waals surface area contributed by atoms with Gasteiger partial charge in [0.25, 0.3) is 0 Å². The van der Waals surface area contributed by atoms with Crippen LogP contribution in [0.1, 0.15) is 24.5 Å². The zero-order chi connectivity index (χ0) is 14.4. The van der Waals surface area contributed by atoms with Crippen molar-refractivity contribution in [3.63, 3.8) is 0 Å². The minimum absolute atomic E-state index is 0.178. The lowest BCUT2D eigenvalue weighted by Crippen LogP contribution is -1.89. The Labute approximate surface area is 120 Å². The van der Waals surface area contributed by atoms with E-state index < -0.39 is 0 Å². The van der Waals surface area contributed by atoms with Crippen molar-refractivity contribution in [3.8, 4) is 11.1 Å². The second-order valence-corrected chi connectivity index (χ2v) is 4.70. The zero-order valence-corrected chi connectivity index (χ0v) is 11.9. The highest BCUT2D eigenvalue weighted by Gasteiger charge is 2.08. The molecule has 0 aliphatic rings. The zero-order valence-electron chi connectivity index (χ0n) is 11.9. The van der Waals surface area contributed by atoms with Gasteiger partial charge in [-0.3, -0.25) is 0 Å². The van der Waals surface area contributed by atoms with Crippen molar-refractivity contribution in [2.75, 3.05) is 0 Å². The van der Waals surface area contributed by atoms with Crippen LogP contribution in [0.5, 0.6) is 0 Å². The maximum Gasteiger partial charge on any atom is 0.131 e. The van der Waals surface area contributed by atoms with Crippen LogP contribution in [0.2, 0.25) is 0 Å². The Bertz CT molecular complexity index is 636. The molecule has 2 aromatic rings. The molecule has 0 amide bonds. The number of benzene rings is 2. The monoisotopic (exact) mass is 266 g/mol. The summed E-state index contributed by atoms with van der Waals surface area (Å²) in [7, 11) is 0. The number of hydrogen-bond donors (Lipinski definition) is 0. The molecule has 0 aromatic heterocycles. The topological polar surface area (TPSA) is 0 Å².